The number of hydrogen-bond acceptors (Lipinski definition) is 2. The molecule has 1 rings (SSSR count). The van der Waals surface area contributed by atoms with Crippen molar-refractivity contribution in [2.75, 3.05) is 0 Å². The molecule has 1 aromatic heterocycles. The van der Waals surface area contributed by atoms with Gasteiger partial charge in [0, 0.05) is 10.8 Å². The summed E-state index contributed by atoms with van der Waals surface area (Å²) in [6, 6.07) is 1.64. The van der Waals surface area contributed by atoms with Gasteiger partial charge >= 0.3 is 5.97 Å². The van der Waals surface area contributed by atoms with Crippen molar-refractivity contribution in [3.05, 3.63) is 23.2 Å². The number of carboxylic acid groups (broad SMARTS) is 1. The van der Waals surface area contributed by atoms with Gasteiger partial charge in [0.1, 0.15) is 17.1 Å². The Bertz CT molecular complexity index is 400. The Balaban J connectivity index is 3.38. The molecule has 3 heteroatoms. The fraction of sp³-hybridized carbons (Fsp3) is 0.615. The van der Waals surface area contributed by atoms with Crippen LogP contribution in [-0.2, 0) is 10.8 Å². The van der Waals surface area contributed by atoms with Gasteiger partial charge in [-0.1, -0.05) is 41.5 Å². The highest BCUT2D eigenvalue weighted by molar-refractivity contribution is 5.89. The van der Waals surface area contributed by atoms with Crippen LogP contribution < -0.4 is 0 Å². The predicted molar refractivity (Wildman–Crippen MR) is 63.1 cm³/mol. The lowest BCUT2D eigenvalue weighted by atomic mass is 9.90. The minimum absolute atomic E-state index is 0.173. The molecule has 0 amide bonds. The summed E-state index contributed by atoms with van der Waals surface area (Å²) >= 11 is 0. The van der Waals surface area contributed by atoms with Crippen molar-refractivity contribution in [1.82, 2.24) is 0 Å². The first-order valence-electron chi connectivity index (χ1n) is 5.41. The highest BCUT2D eigenvalue weighted by Crippen LogP contribution is 2.33. The zero-order chi connectivity index (χ0) is 12.7. The van der Waals surface area contributed by atoms with Crippen molar-refractivity contribution in [2.24, 2.45) is 0 Å². The van der Waals surface area contributed by atoms with Crippen LogP contribution in [0.2, 0.25) is 0 Å². The molecule has 0 atom stereocenters. The van der Waals surface area contributed by atoms with E-state index in [0.717, 1.165) is 5.76 Å². The molecule has 0 spiro atoms. The van der Waals surface area contributed by atoms with E-state index in [1.165, 1.54) is 0 Å². The third-order valence-electron chi connectivity index (χ3n) is 2.38. The van der Waals surface area contributed by atoms with Gasteiger partial charge in [-0.2, -0.15) is 0 Å². The van der Waals surface area contributed by atoms with Gasteiger partial charge in [0.25, 0.3) is 0 Å². The van der Waals surface area contributed by atoms with Crippen LogP contribution in [-0.4, -0.2) is 11.1 Å². The maximum absolute atomic E-state index is 11.1. The van der Waals surface area contributed by atoms with Crippen LogP contribution in [0.25, 0.3) is 0 Å². The quantitative estimate of drug-likeness (QED) is 0.793. The van der Waals surface area contributed by atoms with Crippen LogP contribution in [0.4, 0.5) is 0 Å². The molecule has 0 saturated heterocycles. The zero-order valence-corrected chi connectivity index (χ0v) is 10.8. The third kappa shape index (κ3) is 2.46. The van der Waals surface area contributed by atoms with E-state index in [-0.39, 0.29) is 16.4 Å². The summed E-state index contributed by atoms with van der Waals surface area (Å²) in [5.41, 5.74) is -0.192. The number of rotatable bonds is 1. The molecule has 1 aromatic rings. The van der Waals surface area contributed by atoms with Gasteiger partial charge in [-0.15, -0.1) is 0 Å². The molecule has 0 saturated carbocycles. The summed E-state index contributed by atoms with van der Waals surface area (Å²) < 4.78 is 5.72. The summed E-state index contributed by atoms with van der Waals surface area (Å²) in [5, 5.41) is 9.15. The van der Waals surface area contributed by atoms with E-state index in [2.05, 4.69) is 0 Å². The zero-order valence-electron chi connectivity index (χ0n) is 10.8. The average molecular weight is 224 g/mol. The summed E-state index contributed by atoms with van der Waals surface area (Å²) in [6.07, 6.45) is 0. The number of carboxylic acids is 1. The molecule has 0 bridgehead atoms. The van der Waals surface area contributed by atoms with Crippen LogP contribution in [0.3, 0.4) is 0 Å². The monoisotopic (exact) mass is 224 g/mol. The molecule has 0 radical (unpaired) electrons. The van der Waals surface area contributed by atoms with Crippen LogP contribution in [0.15, 0.2) is 10.5 Å². The second-order valence-corrected chi connectivity index (χ2v) is 6.16. The number of carbonyl (C=O) groups is 1. The lowest BCUT2D eigenvalue weighted by Gasteiger charge is -2.18. The normalized spacial score (nSPS) is 12.9. The van der Waals surface area contributed by atoms with Crippen LogP contribution in [0, 0.1) is 0 Å². The Morgan fingerprint density at radius 2 is 1.62 bits per heavy atom. The van der Waals surface area contributed by atoms with Crippen molar-refractivity contribution in [2.45, 2.75) is 52.4 Å². The van der Waals surface area contributed by atoms with Crippen molar-refractivity contribution in [1.29, 1.82) is 0 Å². The molecule has 16 heavy (non-hydrogen) atoms. The Morgan fingerprint density at radius 1 is 1.12 bits per heavy atom. The van der Waals surface area contributed by atoms with E-state index in [9.17, 15) is 4.79 Å². The topological polar surface area (TPSA) is 50.4 Å². The Labute approximate surface area is 96.5 Å². The largest absolute Gasteiger partial charge is 0.478 e. The van der Waals surface area contributed by atoms with Crippen LogP contribution in [0.5, 0.6) is 0 Å². The van der Waals surface area contributed by atoms with E-state index >= 15 is 0 Å². The Hall–Kier alpha value is -1.25. The lowest BCUT2D eigenvalue weighted by Crippen LogP contribution is -2.14. The van der Waals surface area contributed by atoms with Crippen molar-refractivity contribution in [3.8, 4) is 0 Å². The fourth-order valence-electron chi connectivity index (χ4n) is 1.48. The maximum atomic E-state index is 11.1. The summed E-state index contributed by atoms with van der Waals surface area (Å²) in [4.78, 5) is 11.1. The van der Waals surface area contributed by atoms with E-state index < -0.39 is 5.97 Å². The van der Waals surface area contributed by atoms with E-state index in [4.69, 9.17) is 9.52 Å². The van der Waals surface area contributed by atoms with Gasteiger partial charge in [-0.3, -0.25) is 0 Å². The highest BCUT2D eigenvalue weighted by atomic mass is 16.4. The third-order valence-corrected chi connectivity index (χ3v) is 2.38. The molecule has 0 aliphatic heterocycles. The molecule has 3 nitrogen and oxygen atoms in total. The fourth-order valence-corrected chi connectivity index (χ4v) is 1.48. The Morgan fingerprint density at radius 3 is 1.88 bits per heavy atom. The van der Waals surface area contributed by atoms with Crippen molar-refractivity contribution in [3.63, 3.8) is 0 Å². The van der Waals surface area contributed by atoms with Gasteiger partial charge in [0.05, 0.1) is 0 Å². The van der Waals surface area contributed by atoms with Gasteiger partial charge in [-0.05, 0) is 6.07 Å². The number of aromatic carboxylic acids is 1. The second kappa shape index (κ2) is 3.65. The molecule has 0 aromatic carbocycles. The van der Waals surface area contributed by atoms with E-state index in [0.29, 0.717) is 5.76 Å². The van der Waals surface area contributed by atoms with Gasteiger partial charge in [-0.25, -0.2) is 4.79 Å². The molecule has 0 aliphatic rings. The van der Waals surface area contributed by atoms with Gasteiger partial charge in [0.2, 0.25) is 0 Å². The molecule has 90 valence electrons. The highest BCUT2D eigenvalue weighted by Gasteiger charge is 2.30. The molecule has 1 N–H and O–H groups in total. The first kappa shape index (κ1) is 12.8. The van der Waals surface area contributed by atoms with Gasteiger partial charge < -0.3 is 9.52 Å². The molecule has 0 fully saturated rings. The standard InChI is InChI=1S/C13H20O3/c1-12(2,3)9-7-8(11(14)15)10(16-9)13(4,5)6/h7H,1-6H3,(H,14,15). The van der Waals surface area contributed by atoms with Crippen molar-refractivity contribution >= 4 is 5.97 Å². The SMILES string of the molecule is CC(C)(C)c1cc(C(=O)O)c(C(C)(C)C)o1. The minimum Gasteiger partial charge on any atom is -0.478 e. The maximum Gasteiger partial charge on any atom is 0.339 e. The lowest BCUT2D eigenvalue weighted by molar-refractivity contribution is 0.0692. The molecule has 1 heterocycles. The van der Waals surface area contributed by atoms with E-state index in [1.54, 1.807) is 6.07 Å². The summed E-state index contributed by atoms with van der Waals surface area (Å²) in [6.45, 7) is 11.9. The van der Waals surface area contributed by atoms with Crippen molar-refractivity contribution < 1.29 is 14.3 Å². The predicted octanol–water partition coefficient (Wildman–Crippen LogP) is 3.57. The second-order valence-electron chi connectivity index (χ2n) is 6.16. The first-order chi connectivity index (χ1) is 7.03. The smallest absolute Gasteiger partial charge is 0.339 e. The molecular formula is C13H20O3. The molecular weight excluding hydrogens is 204 g/mol. The number of hydrogen-bond donors (Lipinski definition) is 1. The number of furan rings is 1. The van der Waals surface area contributed by atoms with Crippen LogP contribution >= 0.6 is 0 Å². The minimum atomic E-state index is -0.927. The molecule has 0 aliphatic carbocycles. The Kier molecular flexibility index (Phi) is 2.92. The van der Waals surface area contributed by atoms with E-state index in [1.807, 2.05) is 41.5 Å². The summed E-state index contributed by atoms with van der Waals surface area (Å²) in [7, 11) is 0. The average Bonchev–Trinajstić information content (AvgIpc) is 2.44. The molecule has 0 unspecified atom stereocenters. The first-order valence-corrected chi connectivity index (χ1v) is 5.41. The van der Waals surface area contributed by atoms with Gasteiger partial charge in [0.15, 0.2) is 0 Å². The summed E-state index contributed by atoms with van der Waals surface area (Å²) in [5.74, 6) is 0.337. The van der Waals surface area contributed by atoms with Crippen LogP contribution in [0.1, 0.15) is 63.4 Å².